The van der Waals surface area contributed by atoms with Crippen molar-refractivity contribution in [1.82, 2.24) is 0 Å². The summed E-state index contributed by atoms with van der Waals surface area (Å²) in [6.45, 7) is 6.39. The van der Waals surface area contributed by atoms with E-state index in [2.05, 4.69) is 13.5 Å². The first-order chi connectivity index (χ1) is 5.25. The fourth-order valence-corrected chi connectivity index (χ4v) is 3.06. The van der Waals surface area contributed by atoms with E-state index < -0.39 is 0 Å². The minimum Gasteiger partial charge on any atom is -0.131 e. The minimum atomic E-state index is 0.974. The summed E-state index contributed by atoms with van der Waals surface area (Å²) in [6, 6.07) is 0. The smallest absolute Gasteiger partial charge is 0.000841 e. The minimum absolute atomic E-state index is 0.974. The van der Waals surface area contributed by atoms with Crippen molar-refractivity contribution in [2.24, 2.45) is 17.8 Å². The predicted molar refractivity (Wildman–Crippen MR) is 51.6 cm³/mol. The van der Waals surface area contributed by atoms with E-state index in [9.17, 15) is 0 Å². The van der Waals surface area contributed by atoms with E-state index in [-0.39, 0.29) is 0 Å². The second kappa shape index (κ2) is 2.85. The number of allylic oxidation sites excluding steroid dienone is 1. The third-order valence-corrected chi connectivity index (χ3v) is 4.16. The molecule has 1 heterocycles. The van der Waals surface area contributed by atoms with Gasteiger partial charge in [-0.3, -0.25) is 0 Å². The van der Waals surface area contributed by atoms with Crippen LogP contribution in [0.15, 0.2) is 11.5 Å². The van der Waals surface area contributed by atoms with Crippen LogP contribution in [0.25, 0.3) is 0 Å². The summed E-state index contributed by atoms with van der Waals surface area (Å²) in [7, 11) is 0. The maximum atomic E-state index is 4.01. The van der Waals surface area contributed by atoms with Gasteiger partial charge in [0.05, 0.1) is 0 Å². The Labute approximate surface area is 73.4 Å². The highest BCUT2D eigenvalue weighted by Gasteiger charge is 2.35. The van der Waals surface area contributed by atoms with E-state index in [1.165, 1.54) is 29.9 Å². The van der Waals surface area contributed by atoms with Crippen LogP contribution in [0.2, 0.25) is 0 Å². The molecule has 1 heteroatoms. The van der Waals surface area contributed by atoms with Crippen molar-refractivity contribution < 1.29 is 0 Å². The Kier molecular flexibility index (Phi) is 2.00. The summed E-state index contributed by atoms with van der Waals surface area (Å²) in [5.74, 6) is 4.44. The van der Waals surface area contributed by atoms with Gasteiger partial charge in [-0.25, -0.2) is 0 Å². The van der Waals surface area contributed by atoms with Crippen molar-refractivity contribution in [2.75, 3.05) is 5.75 Å². The van der Waals surface area contributed by atoms with Gasteiger partial charge in [-0.2, -0.15) is 0 Å². The van der Waals surface area contributed by atoms with Gasteiger partial charge in [-0.1, -0.05) is 13.5 Å². The van der Waals surface area contributed by atoms with Gasteiger partial charge >= 0.3 is 0 Å². The molecule has 11 heavy (non-hydrogen) atoms. The number of rotatable bonds is 2. The van der Waals surface area contributed by atoms with Crippen molar-refractivity contribution in [2.45, 2.75) is 26.2 Å². The molecule has 0 N–H and O–H groups in total. The average molecular weight is 168 g/mol. The van der Waals surface area contributed by atoms with E-state index in [4.69, 9.17) is 0 Å². The highest BCUT2D eigenvalue weighted by atomic mass is 32.2. The van der Waals surface area contributed by atoms with Crippen molar-refractivity contribution in [1.29, 1.82) is 0 Å². The molecule has 0 spiro atoms. The lowest BCUT2D eigenvalue weighted by Gasteiger charge is -2.04. The summed E-state index contributed by atoms with van der Waals surface area (Å²) in [6.07, 6.45) is 4.27. The van der Waals surface area contributed by atoms with Gasteiger partial charge in [0.15, 0.2) is 0 Å². The summed E-state index contributed by atoms with van der Waals surface area (Å²) in [4.78, 5) is 1.42. The molecule has 0 aromatic carbocycles. The lowest BCUT2D eigenvalue weighted by atomic mass is 10.0. The molecular formula is C10H16S. The third-order valence-electron chi connectivity index (χ3n) is 2.95. The highest BCUT2D eigenvalue weighted by Crippen LogP contribution is 2.46. The second-order valence-corrected chi connectivity index (χ2v) is 5.33. The molecule has 1 saturated heterocycles. The molecular weight excluding hydrogens is 152 g/mol. The Morgan fingerprint density at radius 2 is 2.36 bits per heavy atom. The molecule has 2 rings (SSSR count). The normalized spacial score (nSPS) is 43.0. The van der Waals surface area contributed by atoms with Gasteiger partial charge in [0.25, 0.3) is 0 Å². The van der Waals surface area contributed by atoms with Crippen LogP contribution < -0.4 is 0 Å². The Morgan fingerprint density at radius 3 is 2.82 bits per heavy atom. The molecule has 0 aromatic heterocycles. The molecule has 1 aliphatic heterocycles. The van der Waals surface area contributed by atoms with Crippen LogP contribution in [0.1, 0.15) is 26.2 Å². The van der Waals surface area contributed by atoms with E-state index in [0.717, 1.165) is 17.8 Å². The molecule has 0 nitrogen and oxygen atoms in total. The Morgan fingerprint density at radius 1 is 1.64 bits per heavy atom. The molecule has 0 aromatic rings. The topological polar surface area (TPSA) is 0 Å². The fraction of sp³-hybridized carbons (Fsp3) is 0.800. The van der Waals surface area contributed by atoms with Crippen molar-refractivity contribution in [3.8, 4) is 0 Å². The summed E-state index contributed by atoms with van der Waals surface area (Å²) in [5.41, 5.74) is 0. The molecule has 2 aliphatic rings. The van der Waals surface area contributed by atoms with E-state index >= 15 is 0 Å². The average Bonchev–Trinajstić information content (AvgIpc) is 2.42. The maximum Gasteiger partial charge on any atom is 0.000841 e. The summed E-state index contributed by atoms with van der Waals surface area (Å²) >= 11 is 1.98. The standard InChI is InChI=1S/C10H16S/c1-7-3-10(7)5-9-4-8(2)11-6-9/h7,9-10H,2-6H2,1H3. The first-order valence-corrected chi connectivity index (χ1v) is 5.55. The van der Waals surface area contributed by atoms with Crippen molar-refractivity contribution >= 4 is 11.8 Å². The van der Waals surface area contributed by atoms with Crippen LogP contribution in [0.4, 0.5) is 0 Å². The van der Waals surface area contributed by atoms with Crippen LogP contribution in [0, 0.1) is 17.8 Å². The molecule has 2 fully saturated rings. The second-order valence-electron chi connectivity index (χ2n) is 4.13. The van der Waals surface area contributed by atoms with E-state index in [1.807, 2.05) is 11.8 Å². The van der Waals surface area contributed by atoms with Crippen LogP contribution in [0.5, 0.6) is 0 Å². The van der Waals surface area contributed by atoms with Gasteiger partial charge in [0.2, 0.25) is 0 Å². The maximum absolute atomic E-state index is 4.01. The van der Waals surface area contributed by atoms with Crippen LogP contribution >= 0.6 is 11.8 Å². The van der Waals surface area contributed by atoms with Crippen molar-refractivity contribution in [3.63, 3.8) is 0 Å². The predicted octanol–water partition coefficient (Wildman–Crippen LogP) is 3.30. The van der Waals surface area contributed by atoms with Crippen molar-refractivity contribution in [3.05, 3.63) is 11.5 Å². The molecule has 1 saturated carbocycles. The summed E-state index contributed by atoms with van der Waals surface area (Å²) < 4.78 is 0. The Hall–Kier alpha value is 0.0900. The van der Waals surface area contributed by atoms with Gasteiger partial charge < -0.3 is 0 Å². The molecule has 0 amide bonds. The molecule has 62 valence electrons. The first-order valence-electron chi connectivity index (χ1n) is 4.56. The Bertz CT molecular complexity index is 174. The SMILES string of the molecule is C=C1CC(CC2CC2C)CS1. The zero-order chi connectivity index (χ0) is 7.84. The molecule has 0 bridgehead atoms. The molecule has 3 unspecified atom stereocenters. The molecule has 3 atom stereocenters. The molecule has 1 aliphatic carbocycles. The van der Waals surface area contributed by atoms with Crippen LogP contribution in [-0.2, 0) is 0 Å². The lowest BCUT2D eigenvalue weighted by Crippen LogP contribution is -1.98. The van der Waals surface area contributed by atoms with Gasteiger partial charge in [-0.15, -0.1) is 11.8 Å². The van der Waals surface area contributed by atoms with E-state index in [1.54, 1.807) is 0 Å². The third kappa shape index (κ3) is 1.81. The lowest BCUT2D eigenvalue weighted by molar-refractivity contribution is 0.502. The zero-order valence-corrected chi connectivity index (χ0v) is 7.99. The highest BCUT2D eigenvalue weighted by molar-refractivity contribution is 8.03. The monoisotopic (exact) mass is 168 g/mol. The fourth-order valence-electron chi connectivity index (χ4n) is 1.98. The van der Waals surface area contributed by atoms with E-state index in [0.29, 0.717) is 0 Å². The summed E-state index contributed by atoms with van der Waals surface area (Å²) in [5, 5.41) is 0. The molecule has 0 radical (unpaired) electrons. The number of hydrogen-bond donors (Lipinski definition) is 0. The van der Waals surface area contributed by atoms with Gasteiger partial charge in [0.1, 0.15) is 0 Å². The van der Waals surface area contributed by atoms with Crippen LogP contribution in [0.3, 0.4) is 0 Å². The number of thioether (sulfide) groups is 1. The quantitative estimate of drug-likeness (QED) is 0.609. The van der Waals surface area contributed by atoms with Gasteiger partial charge in [-0.05, 0) is 41.9 Å². The largest absolute Gasteiger partial charge is 0.131 e. The van der Waals surface area contributed by atoms with Gasteiger partial charge in [0, 0.05) is 5.75 Å². The zero-order valence-electron chi connectivity index (χ0n) is 7.18. The van der Waals surface area contributed by atoms with Crippen LogP contribution in [-0.4, -0.2) is 5.75 Å². The Balaban J connectivity index is 1.75. The number of hydrogen-bond acceptors (Lipinski definition) is 1. The first kappa shape index (κ1) is 7.72.